The molecule has 1 heterocycles. The number of hydrogen-bond acceptors (Lipinski definition) is 3. The average Bonchev–Trinajstić information content (AvgIpc) is 3.14. The van der Waals surface area contributed by atoms with Gasteiger partial charge in [-0.25, -0.2) is 0 Å². The maximum atomic E-state index is 12.4. The van der Waals surface area contributed by atoms with Gasteiger partial charge in [0.05, 0.1) is 12.1 Å². The van der Waals surface area contributed by atoms with Gasteiger partial charge in [0, 0.05) is 13.0 Å². The minimum Gasteiger partial charge on any atom is -0.379 e. The van der Waals surface area contributed by atoms with Gasteiger partial charge < -0.3 is 15.4 Å². The summed E-state index contributed by atoms with van der Waals surface area (Å²) in [6.07, 6.45) is 8.26. The molecule has 20 heavy (non-hydrogen) atoms. The second kappa shape index (κ2) is 6.63. The van der Waals surface area contributed by atoms with Gasteiger partial charge in [-0.3, -0.25) is 4.79 Å². The predicted octanol–water partition coefficient (Wildman–Crippen LogP) is 1.87. The molecular formula is C15H27ClN2O2. The van der Waals surface area contributed by atoms with Crippen LogP contribution in [0.4, 0.5) is 0 Å². The Morgan fingerprint density at radius 1 is 1.25 bits per heavy atom. The van der Waals surface area contributed by atoms with Crippen LogP contribution in [0.5, 0.6) is 0 Å². The highest BCUT2D eigenvalue weighted by Gasteiger charge is 2.57. The van der Waals surface area contributed by atoms with E-state index in [1.807, 2.05) is 0 Å². The Balaban J connectivity index is 0.00000147. The van der Waals surface area contributed by atoms with Crippen LogP contribution in [0.2, 0.25) is 0 Å². The van der Waals surface area contributed by atoms with Crippen LogP contribution in [0.25, 0.3) is 0 Å². The second-order valence-electron chi connectivity index (χ2n) is 6.54. The number of hydrogen-bond donors (Lipinski definition) is 2. The van der Waals surface area contributed by atoms with Gasteiger partial charge in [0.2, 0.25) is 5.91 Å². The van der Waals surface area contributed by atoms with Crippen molar-refractivity contribution >= 4 is 18.3 Å². The molecule has 5 heteroatoms. The third-order valence-corrected chi connectivity index (χ3v) is 5.44. The maximum absolute atomic E-state index is 12.4. The first kappa shape index (κ1) is 16.1. The van der Waals surface area contributed by atoms with Gasteiger partial charge in [-0.2, -0.15) is 0 Å². The van der Waals surface area contributed by atoms with E-state index in [4.69, 9.17) is 4.74 Å². The molecule has 1 amide bonds. The van der Waals surface area contributed by atoms with Crippen molar-refractivity contribution < 1.29 is 9.53 Å². The van der Waals surface area contributed by atoms with Gasteiger partial charge in [-0.15, -0.1) is 12.4 Å². The summed E-state index contributed by atoms with van der Waals surface area (Å²) in [5, 5.41) is 6.65. The third kappa shape index (κ3) is 3.12. The molecule has 0 aromatic heterocycles. The van der Waals surface area contributed by atoms with Crippen molar-refractivity contribution in [3.8, 4) is 0 Å². The second-order valence-corrected chi connectivity index (χ2v) is 6.54. The lowest BCUT2D eigenvalue weighted by Gasteiger charge is -2.31. The zero-order valence-corrected chi connectivity index (χ0v) is 13.1. The molecule has 0 aromatic rings. The van der Waals surface area contributed by atoms with Gasteiger partial charge in [-0.05, 0) is 50.6 Å². The van der Waals surface area contributed by atoms with Crippen molar-refractivity contribution in [2.24, 2.45) is 11.3 Å². The fourth-order valence-corrected chi connectivity index (χ4v) is 4.02. The molecule has 2 aliphatic carbocycles. The normalized spacial score (nSPS) is 35.1. The molecular weight excluding hydrogens is 276 g/mol. The Bertz CT molecular complexity index is 345. The molecule has 116 valence electrons. The Morgan fingerprint density at radius 3 is 2.65 bits per heavy atom. The molecule has 1 saturated heterocycles. The zero-order valence-electron chi connectivity index (χ0n) is 12.3. The molecule has 0 bridgehead atoms. The van der Waals surface area contributed by atoms with Crippen molar-refractivity contribution in [2.45, 2.75) is 57.1 Å². The topological polar surface area (TPSA) is 50.4 Å². The first-order valence-electron chi connectivity index (χ1n) is 7.79. The molecule has 3 aliphatic rings. The fourth-order valence-electron chi connectivity index (χ4n) is 4.02. The van der Waals surface area contributed by atoms with Gasteiger partial charge in [0.15, 0.2) is 0 Å². The summed E-state index contributed by atoms with van der Waals surface area (Å²) in [4.78, 5) is 12.4. The summed E-state index contributed by atoms with van der Waals surface area (Å²) in [5.41, 5.74) is 0.340. The first-order valence-corrected chi connectivity index (χ1v) is 7.79. The van der Waals surface area contributed by atoms with Crippen LogP contribution in [-0.4, -0.2) is 38.3 Å². The number of methoxy groups -OCH3 is 1. The van der Waals surface area contributed by atoms with Crippen LogP contribution in [0.1, 0.15) is 44.9 Å². The summed E-state index contributed by atoms with van der Waals surface area (Å²) in [6.45, 7) is 2.15. The molecule has 3 unspecified atom stereocenters. The van der Waals surface area contributed by atoms with E-state index >= 15 is 0 Å². The Kier molecular flexibility index (Phi) is 5.32. The van der Waals surface area contributed by atoms with E-state index in [2.05, 4.69) is 10.6 Å². The zero-order chi connectivity index (χ0) is 13.3. The van der Waals surface area contributed by atoms with E-state index in [0.717, 1.165) is 32.4 Å². The van der Waals surface area contributed by atoms with Crippen LogP contribution in [-0.2, 0) is 9.53 Å². The van der Waals surface area contributed by atoms with E-state index in [1.165, 1.54) is 25.7 Å². The van der Waals surface area contributed by atoms with E-state index in [9.17, 15) is 4.79 Å². The lowest BCUT2D eigenvalue weighted by molar-refractivity contribution is -0.125. The van der Waals surface area contributed by atoms with Gasteiger partial charge in [0.1, 0.15) is 0 Å². The quantitative estimate of drug-likeness (QED) is 0.837. The Morgan fingerprint density at radius 2 is 1.95 bits per heavy atom. The van der Waals surface area contributed by atoms with Crippen LogP contribution in [0, 0.1) is 11.3 Å². The number of nitrogens with one attached hydrogen (secondary N) is 2. The van der Waals surface area contributed by atoms with Gasteiger partial charge >= 0.3 is 0 Å². The molecule has 0 aromatic carbocycles. The molecule has 1 spiro atoms. The molecule has 3 fully saturated rings. The van der Waals surface area contributed by atoms with Crippen molar-refractivity contribution in [1.29, 1.82) is 0 Å². The molecule has 4 nitrogen and oxygen atoms in total. The monoisotopic (exact) mass is 302 g/mol. The van der Waals surface area contributed by atoms with Crippen molar-refractivity contribution in [2.75, 3.05) is 20.2 Å². The fraction of sp³-hybridized carbons (Fsp3) is 0.933. The lowest BCUT2D eigenvalue weighted by atomic mass is 9.90. The van der Waals surface area contributed by atoms with Crippen molar-refractivity contribution in [3.05, 3.63) is 0 Å². The standard InChI is InChI=1S/C15H26N2O2.ClH/c1-19-13-5-3-2-4-12(13)17-14(18)11-10-15(11)6-8-16-9-7-15;/h11-13,16H,2-10H2,1H3,(H,17,18);1H. The number of piperidine rings is 1. The predicted molar refractivity (Wildman–Crippen MR) is 81.1 cm³/mol. The average molecular weight is 303 g/mol. The molecule has 2 saturated carbocycles. The number of carbonyl (C=O) groups excluding carboxylic acids is 1. The van der Waals surface area contributed by atoms with E-state index in [0.29, 0.717) is 5.41 Å². The maximum Gasteiger partial charge on any atom is 0.224 e. The minimum absolute atomic E-state index is 0. The molecule has 0 radical (unpaired) electrons. The van der Waals surface area contributed by atoms with Crippen LogP contribution in [0.15, 0.2) is 0 Å². The largest absolute Gasteiger partial charge is 0.379 e. The minimum atomic E-state index is 0. The summed E-state index contributed by atoms with van der Waals surface area (Å²) in [5.74, 6) is 0.560. The SMILES string of the molecule is COC1CCCCC1NC(=O)C1CC12CCNCC2.Cl. The Hall–Kier alpha value is -0.320. The van der Waals surface area contributed by atoms with Crippen molar-refractivity contribution in [3.63, 3.8) is 0 Å². The summed E-state index contributed by atoms with van der Waals surface area (Å²) >= 11 is 0. The highest BCUT2D eigenvalue weighted by Crippen LogP contribution is 2.58. The van der Waals surface area contributed by atoms with Gasteiger partial charge in [-0.1, -0.05) is 12.8 Å². The summed E-state index contributed by atoms with van der Waals surface area (Å²) in [6, 6.07) is 0.241. The number of amides is 1. The van der Waals surface area contributed by atoms with Gasteiger partial charge in [0.25, 0.3) is 0 Å². The number of rotatable bonds is 3. The van der Waals surface area contributed by atoms with Crippen LogP contribution < -0.4 is 10.6 Å². The molecule has 1 aliphatic heterocycles. The Labute approximate surface area is 127 Å². The van der Waals surface area contributed by atoms with Crippen molar-refractivity contribution in [1.82, 2.24) is 10.6 Å². The number of carbonyl (C=O) groups is 1. The molecule has 3 rings (SSSR count). The first-order chi connectivity index (χ1) is 9.25. The summed E-state index contributed by atoms with van der Waals surface area (Å²) < 4.78 is 5.52. The molecule has 2 N–H and O–H groups in total. The third-order valence-electron chi connectivity index (χ3n) is 5.44. The highest BCUT2D eigenvalue weighted by atomic mass is 35.5. The summed E-state index contributed by atoms with van der Waals surface area (Å²) in [7, 11) is 1.76. The number of ether oxygens (including phenoxy) is 1. The lowest BCUT2D eigenvalue weighted by Crippen LogP contribution is -2.47. The molecule has 3 atom stereocenters. The highest BCUT2D eigenvalue weighted by molar-refractivity contribution is 5.85. The van der Waals surface area contributed by atoms with Crippen LogP contribution >= 0.6 is 12.4 Å². The van der Waals surface area contributed by atoms with E-state index in [1.54, 1.807) is 7.11 Å². The number of halogens is 1. The van der Waals surface area contributed by atoms with Crippen LogP contribution in [0.3, 0.4) is 0 Å². The van der Waals surface area contributed by atoms with E-state index in [-0.39, 0.29) is 36.4 Å². The van der Waals surface area contributed by atoms with E-state index < -0.39 is 0 Å². The smallest absolute Gasteiger partial charge is 0.224 e.